The van der Waals surface area contributed by atoms with Crippen LogP contribution in [0.15, 0.2) is 36.5 Å². The van der Waals surface area contributed by atoms with Crippen LogP contribution < -0.4 is 0 Å². The van der Waals surface area contributed by atoms with Crippen LogP contribution in [0.1, 0.15) is 32.3 Å². The molecular formula is C20H27N3O2S. The van der Waals surface area contributed by atoms with Crippen LogP contribution in [-0.4, -0.2) is 48.2 Å². The lowest BCUT2D eigenvalue weighted by atomic mass is 9.94. The number of piperidine rings is 1. The Hall–Kier alpha value is -1.63. The second-order valence-corrected chi connectivity index (χ2v) is 9.78. The van der Waals surface area contributed by atoms with Gasteiger partial charge in [0, 0.05) is 48.8 Å². The molecule has 1 aromatic heterocycles. The van der Waals surface area contributed by atoms with E-state index >= 15 is 0 Å². The smallest absolute Gasteiger partial charge is 0.282 e. The molecule has 3 heterocycles. The zero-order chi connectivity index (χ0) is 18.3. The third-order valence-electron chi connectivity index (χ3n) is 5.59. The van der Waals surface area contributed by atoms with Gasteiger partial charge in [-0.25, -0.2) is 0 Å². The molecule has 140 valence electrons. The van der Waals surface area contributed by atoms with Crippen molar-refractivity contribution in [3.05, 3.63) is 42.1 Å². The second-order valence-electron chi connectivity index (χ2n) is 7.86. The molecule has 1 aromatic carbocycles. The zero-order valence-electron chi connectivity index (χ0n) is 15.5. The highest BCUT2D eigenvalue weighted by molar-refractivity contribution is 7.86. The first kappa shape index (κ1) is 17.8. The van der Waals surface area contributed by atoms with Crippen LogP contribution in [-0.2, 0) is 10.2 Å². The Morgan fingerprint density at radius 2 is 1.81 bits per heavy atom. The van der Waals surface area contributed by atoms with Crippen LogP contribution in [0, 0.1) is 11.8 Å². The SMILES string of the molecule is C[C@H]1C[C@H](C)CN(S(=O)(=O)N2CC=C(c3c[nH]c4ccccc34)CC2)C1. The largest absolute Gasteiger partial charge is 0.361 e. The van der Waals surface area contributed by atoms with Gasteiger partial charge < -0.3 is 4.98 Å². The Labute approximate surface area is 155 Å². The predicted octanol–water partition coefficient (Wildman–Crippen LogP) is 3.48. The van der Waals surface area contributed by atoms with Gasteiger partial charge in [0.15, 0.2) is 0 Å². The van der Waals surface area contributed by atoms with Crippen molar-refractivity contribution >= 4 is 26.7 Å². The molecule has 0 unspecified atom stereocenters. The predicted molar refractivity (Wildman–Crippen MR) is 106 cm³/mol. The molecule has 1 fully saturated rings. The summed E-state index contributed by atoms with van der Waals surface area (Å²) in [7, 11) is -3.37. The lowest BCUT2D eigenvalue weighted by Gasteiger charge is -2.38. The molecule has 2 aliphatic heterocycles. The number of para-hydroxylation sites is 1. The van der Waals surface area contributed by atoms with Gasteiger partial charge in [-0.1, -0.05) is 38.1 Å². The summed E-state index contributed by atoms with van der Waals surface area (Å²) in [5.74, 6) is 0.853. The lowest BCUT2D eigenvalue weighted by molar-refractivity contribution is 0.210. The Morgan fingerprint density at radius 1 is 1.08 bits per heavy atom. The fourth-order valence-electron chi connectivity index (χ4n) is 4.40. The number of nitrogens with zero attached hydrogens (tertiary/aromatic N) is 2. The number of fused-ring (bicyclic) bond motifs is 1. The van der Waals surface area contributed by atoms with E-state index in [4.69, 9.17) is 0 Å². The molecule has 0 bridgehead atoms. The third kappa shape index (κ3) is 3.21. The molecular weight excluding hydrogens is 346 g/mol. The van der Waals surface area contributed by atoms with E-state index in [0.717, 1.165) is 18.4 Å². The van der Waals surface area contributed by atoms with Crippen LogP contribution >= 0.6 is 0 Å². The first-order chi connectivity index (χ1) is 12.4. The monoisotopic (exact) mass is 373 g/mol. The Kier molecular flexibility index (Phi) is 4.67. The molecule has 2 atom stereocenters. The first-order valence-corrected chi connectivity index (χ1v) is 10.9. The molecule has 5 nitrogen and oxygen atoms in total. The molecule has 2 aliphatic rings. The molecule has 1 saturated heterocycles. The number of hydrogen-bond donors (Lipinski definition) is 1. The van der Waals surface area contributed by atoms with Crippen LogP contribution in [0.5, 0.6) is 0 Å². The van der Waals surface area contributed by atoms with Gasteiger partial charge in [0.25, 0.3) is 10.2 Å². The van der Waals surface area contributed by atoms with Crippen molar-refractivity contribution in [1.29, 1.82) is 0 Å². The maximum absolute atomic E-state index is 13.1. The summed E-state index contributed by atoms with van der Waals surface area (Å²) >= 11 is 0. The first-order valence-electron chi connectivity index (χ1n) is 9.46. The van der Waals surface area contributed by atoms with Crippen LogP contribution in [0.4, 0.5) is 0 Å². The minimum Gasteiger partial charge on any atom is -0.361 e. The number of rotatable bonds is 3. The Morgan fingerprint density at radius 3 is 2.50 bits per heavy atom. The van der Waals surface area contributed by atoms with Crippen molar-refractivity contribution in [3.8, 4) is 0 Å². The molecule has 6 heteroatoms. The highest BCUT2D eigenvalue weighted by Gasteiger charge is 2.35. The van der Waals surface area contributed by atoms with E-state index in [-0.39, 0.29) is 0 Å². The van der Waals surface area contributed by atoms with Crippen molar-refractivity contribution in [1.82, 2.24) is 13.6 Å². The minimum atomic E-state index is -3.37. The highest BCUT2D eigenvalue weighted by atomic mass is 32.2. The standard InChI is InChI=1S/C20H27N3O2S/c1-15-11-16(2)14-23(13-15)26(24,25)22-9-7-17(8-10-22)19-12-21-20-6-4-3-5-18(19)20/h3-7,12,15-16,21H,8-11,13-14H2,1-2H3/t15-,16-/m0/s1. The lowest BCUT2D eigenvalue weighted by Crippen LogP contribution is -2.50. The highest BCUT2D eigenvalue weighted by Crippen LogP contribution is 2.31. The number of benzene rings is 1. The second kappa shape index (κ2) is 6.83. The molecule has 4 rings (SSSR count). The molecule has 0 amide bonds. The normalized spacial score (nSPS) is 26.2. The van der Waals surface area contributed by atoms with Gasteiger partial charge in [-0.05, 0) is 36.3 Å². The molecule has 0 aliphatic carbocycles. The summed E-state index contributed by atoms with van der Waals surface area (Å²) in [6, 6.07) is 8.24. The average Bonchev–Trinajstić information content (AvgIpc) is 3.05. The van der Waals surface area contributed by atoms with Crippen LogP contribution in [0.25, 0.3) is 16.5 Å². The summed E-state index contributed by atoms with van der Waals surface area (Å²) < 4.78 is 29.4. The van der Waals surface area contributed by atoms with E-state index in [9.17, 15) is 8.42 Å². The van der Waals surface area contributed by atoms with Crippen molar-refractivity contribution in [2.45, 2.75) is 26.7 Å². The van der Waals surface area contributed by atoms with Gasteiger partial charge in [0.05, 0.1) is 0 Å². The van der Waals surface area contributed by atoms with Crippen molar-refractivity contribution in [2.75, 3.05) is 26.2 Å². The van der Waals surface area contributed by atoms with Crippen LogP contribution in [0.3, 0.4) is 0 Å². The molecule has 26 heavy (non-hydrogen) atoms. The summed E-state index contributed by atoms with van der Waals surface area (Å²) in [5.41, 5.74) is 3.54. The van der Waals surface area contributed by atoms with Gasteiger partial charge in [0.2, 0.25) is 0 Å². The van der Waals surface area contributed by atoms with Gasteiger partial charge in [-0.3, -0.25) is 0 Å². The summed E-state index contributed by atoms with van der Waals surface area (Å²) in [6.07, 6.45) is 5.97. The van der Waals surface area contributed by atoms with E-state index in [0.29, 0.717) is 38.0 Å². The van der Waals surface area contributed by atoms with E-state index in [1.807, 2.05) is 18.3 Å². The van der Waals surface area contributed by atoms with Gasteiger partial charge >= 0.3 is 0 Å². The molecule has 0 radical (unpaired) electrons. The van der Waals surface area contributed by atoms with Gasteiger partial charge in [0.1, 0.15) is 0 Å². The number of aromatic nitrogens is 1. The van der Waals surface area contributed by atoms with Crippen molar-refractivity contribution in [3.63, 3.8) is 0 Å². The Bertz CT molecular complexity index is 921. The van der Waals surface area contributed by atoms with Crippen molar-refractivity contribution in [2.24, 2.45) is 11.8 Å². The summed E-state index contributed by atoms with van der Waals surface area (Å²) in [5, 5.41) is 1.20. The quantitative estimate of drug-likeness (QED) is 0.895. The average molecular weight is 374 g/mol. The topological polar surface area (TPSA) is 56.4 Å². The maximum atomic E-state index is 13.1. The third-order valence-corrected chi connectivity index (χ3v) is 7.53. The maximum Gasteiger partial charge on any atom is 0.282 e. The molecule has 0 spiro atoms. The molecule has 0 saturated carbocycles. The summed E-state index contributed by atoms with van der Waals surface area (Å²) in [4.78, 5) is 3.31. The van der Waals surface area contributed by atoms with E-state index in [1.165, 1.54) is 16.5 Å². The van der Waals surface area contributed by atoms with E-state index < -0.39 is 10.2 Å². The van der Waals surface area contributed by atoms with Gasteiger partial charge in [-0.2, -0.15) is 17.0 Å². The molecule has 1 N–H and O–H groups in total. The zero-order valence-corrected chi connectivity index (χ0v) is 16.3. The van der Waals surface area contributed by atoms with Crippen LogP contribution in [0.2, 0.25) is 0 Å². The Balaban J connectivity index is 1.53. The molecule has 2 aromatic rings. The number of aromatic amines is 1. The summed E-state index contributed by atoms with van der Waals surface area (Å²) in [6.45, 7) is 6.57. The van der Waals surface area contributed by atoms with Crippen molar-refractivity contribution < 1.29 is 8.42 Å². The number of H-pyrrole nitrogens is 1. The number of hydrogen-bond acceptors (Lipinski definition) is 2. The minimum absolute atomic E-state index is 0.427. The number of nitrogens with one attached hydrogen (secondary N) is 1. The van der Waals surface area contributed by atoms with E-state index in [2.05, 4.69) is 37.0 Å². The fourth-order valence-corrected chi connectivity index (χ4v) is 6.20. The van der Waals surface area contributed by atoms with Gasteiger partial charge in [-0.15, -0.1) is 0 Å². The fraction of sp³-hybridized carbons (Fsp3) is 0.500. The van der Waals surface area contributed by atoms with E-state index in [1.54, 1.807) is 8.61 Å².